The first-order chi connectivity index (χ1) is 11.4. The highest BCUT2D eigenvalue weighted by Crippen LogP contribution is 2.35. The van der Waals surface area contributed by atoms with Crippen LogP contribution in [-0.2, 0) is 0 Å². The maximum atomic E-state index is 11.1. The number of anilines is 2. The Morgan fingerprint density at radius 3 is 2.62 bits per heavy atom. The van der Waals surface area contributed by atoms with Crippen LogP contribution < -0.4 is 25.8 Å². The van der Waals surface area contributed by atoms with Gasteiger partial charge in [-0.15, -0.1) is 0 Å². The third-order valence-corrected chi connectivity index (χ3v) is 3.39. The Balaban J connectivity index is 2.16. The molecular weight excluding hydrogens is 352 g/mol. The highest BCUT2D eigenvalue weighted by Gasteiger charge is 2.12. The number of nitrogens with zero attached hydrogens (tertiary/aromatic N) is 1. The van der Waals surface area contributed by atoms with Crippen molar-refractivity contribution < 1.29 is 14.3 Å². The molecule has 125 valence electrons. The molecule has 1 radical (unpaired) electrons. The van der Waals surface area contributed by atoms with E-state index in [1.165, 1.54) is 20.3 Å². The molecule has 0 spiro atoms. The summed E-state index contributed by atoms with van der Waals surface area (Å²) in [5, 5.41) is 6.40. The van der Waals surface area contributed by atoms with Gasteiger partial charge in [0.15, 0.2) is 5.11 Å². The first-order valence-electron chi connectivity index (χ1n) is 6.62. The molecule has 1 aromatic heterocycles. The summed E-state index contributed by atoms with van der Waals surface area (Å²) < 4.78 is 10.4. The topological polar surface area (TPSA) is 98.5 Å². The molecule has 2 rings (SSSR count). The number of hydrogen-bond donors (Lipinski definition) is 3. The third kappa shape index (κ3) is 4.24. The van der Waals surface area contributed by atoms with Gasteiger partial charge in [-0.25, -0.2) is 4.98 Å². The number of nitrogens with two attached hydrogens (primary N) is 1. The van der Waals surface area contributed by atoms with Crippen LogP contribution in [0.15, 0.2) is 24.3 Å². The molecule has 0 atom stereocenters. The number of pyridine rings is 1. The molecule has 9 heteroatoms. The minimum absolute atomic E-state index is 0.00729. The zero-order chi connectivity index (χ0) is 17.7. The van der Waals surface area contributed by atoms with Crippen LogP contribution in [0.4, 0.5) is 11.5 Å². The highest BCUT2D eigenvalue weighted by atomic mass is 35.5. The van der Waals surface area contributed by atoms with Gasteiger partial charge in [0.25, 0.3) is 5.91 Å². The number of primary amides is 1. The van der Waals surface area contributed by atoms with Gasteiger partial charge < -0.3 is 25.8 Å². The van der Waals surface area contributed by atoms with E-state index in [0.29, 0.717) is 28.0 Å². The quantitative estimate of drug-likeness (QED) is 0.700. The maximum absolute atomic E-state index is 11.1. The fourth-order valence-electron chi connectivity index (χ4n) is 1.81. The van der Waals surface area contributed by atoms with Crippen molar-refractivity contribution in [2.45, 2.75) is 0 Å². The molecule has 2 aromatic rings. The van der Waals surface area contributed by atoms with Crippen molar-refractivity contribution >= 4 is 46.3 Å². The normalized spacial score (nSPS) is 9.96. The van der Waals surface area contributed by atoms with E-state index in [0.717, 1.165) is 0 Å². The van der Waals surface area contributed by atoms with Gasteiger partial charge in [-0.05, 0) is 30.4 Å². The number of thiocarbonyl (C=S) groups is 1. The lowest BCUT2D eigenvalue weighted by Gasteiger charge is -2.15. The molecule has 0 saturated carbocycles. The van der Waals surface area contributed by atoms with E-state index >= 15 is 0 Å². The van der Waals surface area contributed by atoms with Gasteiger partial charge in [-0.2, -0.15) is 0 Å². The molecule has 0 fully saturated rings. The minimum Gasteiger partial charge on any atom is -0.495 e. The number of carbonyl (C=O) groups is 1. The smallest absolute Gasteiger partial charge is 0.268 e. The maximum Gasteiger partial charge on any atom is 0.268 e. The van der Waals surface area contributed by atoms with Crippen molar-refractivity contribution in [2.75, 3.05) is 24.9 Å². The molecule has 4 N–H and O–H groups in total. The molecule has 0 aliphatic heterocycles. The Kier molecular flexibility index (Phi) is 5.78. The zero-order valence-electron chi connectivity index (χ0n) is 12.8. The van der Waals surface area contributed by atoms with E-state index in [9.17, 15) is 4.79 Å². The Hall–Kier alpha value is -2.58. The molecule has 0 aliphatic rings. The summed E-state index contributed by atoms with van der Waals surface area (Å²) in [5.41, 5.74) is 5.71. The second-order valence-corrected chi connectivity index (χ2v) is 5.27. The Labute approximate surface area is 149 Å². The highest BCUT2D eigenvalue weighted by molar-refractivity contribution is 7.80. The number of methoxy groups -OCH3 is 2. The number of aromatic nitrogens is 1. The number of rotatable bonds is 5. The van der Waals surface area contributed by atoms with E-state index in [2.05, 4.69) is 21.7 Å². The van der Waals surface area contributed by atoms with Crippen LogP contribution in [0, 0.1) is 6.07 Å². The fraction of sp³-hybridized carbons (Fsp3) is 0.133. The van der Waals surface area contributed by atoms with Gasteiger partial charge in [0.2, 0.25) is 0 Å². The molecule has 1 heterocycles. The van der Waals surface area contributed by atoms with Crippen LogP contribution in [0.3, 0.4) is 0 Å². The number of amides is 1. The van der Waals surface area contributed by atoms with Crippen LogP contribution in [0.2, 0.25) is 5.02 Å². The molecule has 1 amide bonds. The standard InChI is InChI=1S/C15H14ClN4O3S/c1-22-11-7-12(23-2)10(6-8(11)16)19-15(24)20-13-5-3-4-9(18-13)14(17)21/h3,5-7H,1-2H3,(H2,17,21)(H2,18,19,20,24). The summed E-state index contributed by atoms with van der Waals surface area (Å²) in [7, 11) is 3.02. The molecule has 0 unspecified atom stereocenters. The average molecular weight is 366 g/mol. The van der Waals surface area contributed by atoms with E-state index in [-0.39, 0.29) is 10.8 Å². The van der Waals surface area contributed by atoms with Crippen LogP contribution in [0.1, 0.15) is 10.5 Å². The zero-order valence-corrected chi connectivity index (χ0v) is 14.4. The van der Waals surface area contributed by atoms with Crippen molar-refractivity contribution in [3.05, 3.63) is 41.0 Å². The van der Waals surface area contributed by atoms with Gasteiger partial charge in [-0.3, -0.25) is 4.79 Å². The second kappa shape index (κ2) is 7.80. The van der Waals surface area contributed by atoms with Crippen LogP contribution in [0.25, 0.3) is 0 Å². The number of ether oxygens (including phenoxy) is 2. The van der Waals surface area contributed by atoms with Crippen molar-refractivity contribution in [1.29, 1.82) is 0 Å². The van der Waals surface area contributed by atoms with E-state index < -0.39 is 5.91 Å². The summed E-state index contributed by atoms with van der Waals surface area (Å²) in [6, 6.07) is 8.99. The Morgan fingerprint density at radius 1 is 1.29 bits per heavy atom. The van der Waals surface area contributed by atoms with Crippen LogP contribution in [0.5, 0.6) is 11.5 Å². The average Bonchev–Trinajstić information content (AvgIpc) is 2.55. The summed E-state index contributed by atoms with van der Waals surface area (Å²) in [6.07, 6.45) is 0. The van der Waals surface area contributed by atoms with Crippen LogP contribution >= 0.6 is 23.8 Å². The molecular formula is C15H14ClN4O3S. The Morgan fingerprint density at radius 2 is 2.00 bits per heavy atom. The predicted octanol–water partition coefficient (Wildman–Crippen LogP) is 2.46. The van der Waals surface area contributed by atoms with Crippen LogP contribution in [-0.4, -0.2) is 30.2 Å². The SMILES string of the molecule is COc1cc(OC)c(NC(=S)Nc2cc[c]c(C(N)=O)n2)cc1Cl. The minimum atomic E-state index is -0.680. The van der Waals surface area contributed by atoms with Gasteiger partial charge in [0.1, 0.15) is 23.0 Å². The van der Waals surface area contributed by atoms with Gasteiger partial charge in [0, 0.05) is 12.1 Å². The van der Waals surface area contributed by atoms with Crippen molar-refractivity contribution in [3.63, 3.8) is 0 Å². The van der Waals surface area contributed by atoms with Gasteiger partial charge >= 0.3 is 0 Å². The lowest BCUT2D eigenvalue weighted by atomic mass is 10.2. The fourth-order valence-corrected chi connectivity index (χ4v) is 2.27. The number of hydrogen-bond acceptors (Lipinski definition) is 5. The summed E-state index contributed by atoms with van der Waals surface area (Å²) in [4.78, 5) is 15.1. The lowest BCUT2D eigenvalue weighted by molar-refractivity contribution is 0.0995. The molecule has 0 bridgehead atoms. The number of benzene rings is 1. The molecule has 7 nitrogen and oxygen atoms in total. The van der Waals surface area contributed by atoms with Crippen molar-refractivity contribution in [1.82, 2.24) is 4.98 Å². The predicted molar refractivity (Wildman–Crippen MR) is 96.0 cm³/mol. The van der Waals surface area contributed by atoms with Gasteiger partial charge in [0.05, 0.1) is 24.9 Å². The first kappa shape index (κ1) is 17.8. The monoisotopic (exact) mass is 365 g/mol. The third-order valence-electron chi connectivity index (χ3n) is 2.89. The van der Waals surface area contributed by atoms with Crippen molar-refractivity contribution in [3.8, 4) is 11.5 Å². The van der Waals surface area contributed by atoms with Crippen molar-refractivity contribution in [2.24, 2.45) is 5.73 Å². The van der Waals surface area contributed by atoms with Gasteiger partial charge in [-0.1, -0.05) is 11.6 Å². The summed E-state index contributed by atoms with van der Waals surface area (Å²) >= 11 is 11.3. The van der Waals surface area contributed by atoms with E-state index in [4.69, 9.17) is 39.0 Å². The molecule has 0 aliphatic carbocycles. The largest absolute Gasteiger partial charge is 0.495 e. The molecule has 1 aromatic carbocycles. The molecule has 0 saturated heterocycles. The first-order valence-corrected chi connectivity index (χ1v) is 7.41. The summed E-state index contributed by atoms with van der Waals surface area (Å²) in [6.45, 7) is 0. The van der Waals surface area contributed by atoms with E-state index in [1.54, 1.807) is 18.2 Å². The molecule has 24 heavy (non-hydrogen) atoms. The number of nitrogens with one attached hydrogen (secondary N) is 2. The summed E-state index contributed by atoms with van der Waals surface area (Å²) in [5.74, 6) is 0.636. The number of halogens is 1. The second-order valence-electron chi connectivity index (χ2n) is 4.45. The Bertz CT molecular complexity index is 785. The van der Waals surface area contributed by atoms with E-state index in [1.807, 2.05) is 0 Å². The lowest BCUT2D eigenvalue weighted by Crippen LogP contribution is -2.21. The number of carbonyl (C=O) groups excluding carboxylic acids is 1.